The zero-order valence-corrected chi connectivity index (χ0v) is 14.1. The Morgan fingerprint density at radius 1 is 1.35 bits per heavy atom. The molecule has 0 saturated heterocycles. The maximum atomic E-state index is 12.7. The standard InChI is InChI=1S/C17H17BrN2O3/c18-10-5-6-15-12(7-10)14(9-23-15)16(21)13(8-19)17(22)20-11-3-1-2-4-11/h5-7,11,13-14H,1-4,9H2,(H,20,22)/t13-,14+/m1/s1. The zero-order chi connectivity index (χ0) is 16.4. The van der Waals surface area contributed by atoms with Crippen molar-refractivity contribution in [2.45, 2.75) is 37.6 Å². The Labute approximate surface area is 143 Å². The number of Topliss-reactive ketones (excluding diaryl/α,β-unsaturated/α-hetero) is 1. The van der Waals surface area contributed by atoms with Crippen LogP contribution in [0.2, 0.25) is 0 Å². The van der Waals surface area contributed by atoms with Gasteiger partial charge in [0.25, 0.3) is 0 Å². The van der Waals surface area contributed by atoms with Crippen LogP contribution in [-0.4, -0.2) is 24.3 Å². The summed E-state index contributed by atoms with van der Waals surface area (Å²) in [7, 11) is 0. The Morgan fingerprint density at radius 2 is 2.09 bits per heavy atom. The molecule has 23 heavy (non-hydrogen) atoms. The molecule has 3 rings (SSSR count). The molecule has 1 amide bonds. The minimum absolute atomic E-state index is 0.0902. The number of fused-ring (bicyclic) bond motifs is 1. The van der Waals surface area contributed by atoms with Crippen LogP contribution in [0.1, 0.15) is 37.2 Å². The van der Waals surface area contributed by atoms with Crippen LogP contribution < -0.4 is 10.1 Å². The van der Waals surface area contributed by atoms with Crippen molar-refractivity contribution in [3.8, 4) is 11.8 Å². The summed E-state index contributed by atoms with van der Waals surface area (Å²) in [5, 5.41) is 12.2. The molecule has 1 aliphatic carbocycles. The zero-order valence-electron chi connectivity index (χ0n) is 12.5. The minimum atomic E-state index is -1.28. The van der Waals surface area contributed by atoms with Crippen molar-refractivity contribution in [3.63, 3.8) is 0 Å². The minimum Gasteiger partial charge on any atom is -0.492 e. The van der Waals surface area contributed by atoms with Gasteiger partial charge in [0.15, 0.2) is 11.7 Å². The number of benzene rings is 1. The first-order valence-corrected chi connectivity index (χ1v) is 8.55. The van der Waals surface area contributed by atoms with Crippen molar-refractivity contribution >= 4 is 27.6 Å². The van der Waals surface area contributed by atoms with E-state index in [1.165, 1.54) is 0 Å². The second kappa shape index (κ2) is 6.71. The van der Waals surface area contributed by atoms with E-state index in [0.717, 1.165) is 35.7 Å². The van der Waals surface area contributed by atoms with Gasteiger partial charge in [0.2, 0.25) is 5.91 Å². The SMILES string of the molecule is N#C[C@@H](C(=O)NC1CCCC1)C(=O)[C@H]1COc2ccc(Br)cc21. The second-order valence-electron chi connectivity index (χ2n) is 6.00. The normalized spacial score (nSPS) is 21.1. The highest BCUT2D eigenvalue weighted by atomic mass is 79.9. The fraction of sp³-hybridized carbons (Fsp3) is 0.471. The van der Waals surface area contributed by atoms with E-state index < -0.39 is 17.7 Å². The Hall–Kier alpha value is -1.87. The Kier molecular flexibility index (Phi) is 4.67. The van der Waals surface area contributed by atoms with Gasteiger partial charge in [-0.1, -0.05) is 28.8 Å². The van der Waals surface area contributed by atoms with E-state index in [0.29, 0.717) is 5.75 Å². The topological polar surface area (TPSA) is 79.2 Å². The van der Waals surface area contributed by atoms with Gasteiger partial charge in [0, 0.05) is 16.1 Å². The summed E-state index contributed by atoms with van der Waals surface area (Å²) < 4.78 is 6.35. The molecular formula is C17H17BrN2O3. The van der Waals surface area contributed by atoms with Crippen LogP contribution >= 0.6 is 15.9 Å². The van der Waals surface area contributed by atoms with E-state index in [2.05, 4.69) is 21.2 Å². The second-order valence-corrected chi connectivity index (χ2v) is 6.92. The van der Waals surface area contributed by atoms with Crippen molar-refractivity contribution < 1.29 is 14.3 Å². The smallest absolute Gasteiger partial charge is 0.245 e. The summed E-state index contributed by atoms with van der Waals surface area (Å²) in [6.45, 7) is 0.180. The average Bonchev–Trinajstić information content (AvgIpc) is 3.16. The number of amides is 1. The lowest BCUT2D eigenvalue weighted by atomic mass is 9.88. The molecule has 5 nitrogen and oxygen atoms in total. The molecule has 1 saturated carbocycles. The van der Waals surface area contributed by atoms with Crippen molar-refractivity contribution in [2.75, 3.05) is 6.61 Å². The van der Waals surface area contributed by atoms with E-state index >= 15 is 0 Å². The first kappa shape index (κ1) is 16.0. The third kappa shape index (κ3) is 3.25. The molecule has 0 spiro atoms. The number of halogens is 1. The van der Waals surface area contributed by atoms with Gasteiger partial charge in [0.1, 0.15) is 12.4 Å². The summed E-state index contributed by atoms with van der Waals surface area (Å²) in [4.78, 5) is 25.0. The van der Waals surface area contributed by atoms with Crippen LogP contribution in [0.15, 0.2) is 22.7 Å². The predicted octanol–water partition coefficient (Wildman–Crippen LogP) is 2.69. The number of nitrogens with zero attached hydrogens (tertiary/aromatic N) is 1. The van der Waals surface area contributed by atoms with Gasteiger partial charge in [-0.3, -0.25) is 9.59 Å². The number of hydrogen-bond donors (Lipinski definition) is 1. The molecular weight excluding hydrogens is 360 g/mol. The number of rotatable bonds is 4. The molecule has 2 aliphatic rings. The highest BCUT2D eigenvalue weighted by Gasteiger charge is 2.38. The highest BCUT2D eigenvalue weighted by molar-refractivity contribution is 9.10. The summed E-state index contributed by atoms with van der Waals surface area (Å²) in [6.07, 6.45) is 3.99. The van der Waals surface area contributed by atoms with Gasteiger partial charge in [0.05, 0.1) is 12.0 Å². The van der Waals surface area contributed by atoms with Gasteiger partial charge in [-0.05, 0) is 31.0 Å². The molecule has 1 fully saturated rings. The number of carbonyl (C=O) groups excluding carboxylic acids is 2. The third-order valence-electron chi connectivity index (χ3n) is 4.47. The summed E-state index contributed by atoms with van der Waals surface area (Å²) in [5.74, 6) is -2.08. The maximum Gasteiger partial charge on any atom is 0.245 e. The van der Waals surface area contributed by atoms with Gasteiger partial charge in [-0.15, -0.1) is 0 Å². The van der Waals surface area contributed by atoms with E-state index in [1.807, 2.05) is 18.2 Å². The molecule has 0 radical (unpaired) electrons. The van der Waals surface area contributed by atoms with Crippen LogP contribution in [0.25, 0.3) is 0 Å². The summed E-state index contributed by atoms with van der Waals surface area (Å²) in [5.41, 5.74) is 0.735. The van der Waals surface area contributed by atoms with Gasteiger partial charge >= 0.3 is 0 Å². The Balaban J connectivity index is 1.75. The first-order chi connectivity index (χ1) is 11.1. The average molecular weight is 377 g/mol. The van der Waals surface area contributed by atoms with Gasteiger partial charge < -0.3 is 10.1 Å². The summed E-state index contributed by atoms with van der Waals surface area (Å²) >= 11 is 3.37. The molecule has 1 N–H and O–H groups in total. The first-order valence-electron chi connectivity index (χ1n) is 7.76. The van der Waals surface area contributed by atoms with Crippen molar-refractivity contribution in [3.05, 3.63) is 28.2 Å². The molecule has 1 aromatic rings. The molecule has 0 aromatic heterocycles. The molecule has 6 heteroatoms. The lowest BCUT2D eigenvalue weighted by Crippen LogP contribution is -2.41. The molecule has 1 aliphatic heterocycles. The third-order valence-corrected chi connectivity index (χ3v) is 4.97. The fourth-order valence-corrected chi connectivity index (χ4v) is 3.61. The predicted molar refractivity (Wildman–Crippen MR) is 86.9 cm³/mol. The van der Waals surface area contributed by atoms with Gasteiger partial charge in [-0.25, -0.2) is 0 Å². The number of carbonyl (C=O) groups is 2. The summed E-state index contributed by atoms with van der Waals surface area (Å²) in [6, 6.07) is 7.39. The van der Waals surface area contributed by atoms with Crippen molar-refractivity contribution in [2.24, 2.45) is 5.92 Å². The maximum absolute atomic E-state index is 12.7. The largest absolute Gasteiger partial charge is 0.492 e. The lowest BCUT2D eigenvalue weighted by Gasteiger charge is -2.16. The van der Waals surface area contributed by atoms with E-state index in [-0.39, 0.29) is 18.4 Å². The van der Waals surface area contributed by atoms with Crippen LogP contribution in [0, 0.1) is 17.2 Å². The van der Waals surface area contributed by atoms with E-state index in [1.54, 1.807) is 6.07 Å². The van der Waals surface area contributed by atoms with Crippen molar-refractivity contribution in [1.82, 2.24) is 5.32 Å². The number of nitriles is 1. The highest BCUT2D eigenvalue weighted by Crippen LogP contribution is 2.37. The van der Waals surface area contributed by atoms with Crippen LogP contribution in [0.5, 0.6) is 5.75 Å². The lowest BCUT2D eigenvalue weighted by molar-refractivity contribution is -0.133. The molecule has 2 atom stereocenters. The fourth-order valence-electron chi connectivity index (χ4n) is 3.23. The molecule has 1 heterocycles. The van der Waals surface area contributed by atoms with E-state index in [4.69, 9.17) is 4.74 Å². The Morgan fingerprint density at radius 3 is 2.78 bits per heavy atom. The van der Waals surface area contributed by atoms with Crippen molar-refractivity contribution in [1.29, 1.82) is 5.26 Å². The number of hydrogen-bond acceptors (Lipinski definition) is 4. The van der Waals surface area contributed by atoms with Crippen LogP contribution in [-0.2, 0) is 9.59 Å². The molecule has 1 aromatic carbocycles. The number of ether oxygens (including phenoxy) is 1. The Bertz CT molecular complexity index is 677. The molecule has 120 valence electrons. The monoisotopic (exact) mass is 376 g/mol. The quantitative estimate of drug-likeness (QED) is 0.819. The van der Waals surface area contributed by atoms with Crippen LogP contribution in [0.4, 0.5) is 0 Å². The molecule has 0 bridgehead atoms. The number of nitrogens with one attached hydrogen (secondary N) is 1. The molecule has 0 unspecified atom stereocenters. The number of ketones is 1. The van der Waals surface area contributed by atoms with Gasteiger partial charge in [-0.2, -0.15) is 5.26 Å². The van der Waals surface area contributed by atoms with E-state index in [9.17, 15) is 14.9 Å². The van der Waals surface area contributed by atoms with Crippen LogP contribution in [0.3, 0.4) is 0 Å².